The Morgan fingerprint density at radius 1 is 1.00 bits per heavy atom. The van der Waals surface area contributed by atoms with Gasteiger partial charge in [-0.1, -0.05) is 73.6 Å². The molecular formula is C16H27AlO. The van der Waals surface area contributed by atoms with Gasteiger partial charge in [0, 0.05) is 0 Å². The van der Waals surface area contributed by atoms with Crippen molar-refractivity contribution in [3.8, 4) is 5.75 Å². The van der Waals surface area contributed by atoms with Crippen molar-refractivity contribution < 1.29 is 4.74 Å². The van der Waals surface area contributed by atoms with Crippen molar-refractivity contribution in [2.75, 3.05) is 7.11 Å². The molecule has 1 aromatic rings. The first-order chi connectivity index (χ1) is 8.81. The minimum Gasteiger partial charge on any atom is -0.497 e. The zero-order valence-electron chi connectivity index (χ0n) is 12.2. The van der Waals surface area contributed by atoms with Crippen LogP contribution in [-0.4, -0.2) is 21.3 Å². The maximum Gasteiger partial charge on any atom is 0.267 e. The zero-order chi connectivity index (χ0) is 13.2. The summed E-state index contributed by atoms with van der Waals surface area (Å²) in [4.78, 5) is 0. The SMILES string of the molecule is CCC[CH2][Al]([CH2]CCC)[CH2]c1ccccc1OC. The van der Waals surface area contributed by atoms with Crippen molar-refractivity contribution in [3.05, 3.63) is 29.8 Å². The van der Waals surface area contributed by atoms with E-state index >= 15 is 0 Å². The molecule has 1 aromatic carbocycles. The largest absolute Gasteiger partial charge is 0.497 e. The van der Waals surface area contributed by atoms with Gasteiger partial charge in [-0.2, -0.15) is 0 Å². The van der Waals surface area contributed by atoms with E-state index < -0.39 is 14.1 Å². The van der Waals surface area contributed by atoms with Crippen LogP contribution in [0.2, 0.25) is 10.6 Å². The molecule has 0 N–H and O–H groups in total. The van der Waals surface area contributed by atoms with Crippen molar-refractivity contribution >= 4 is 14.1 Å². The molecule has 0 bridgehead atoms. The quantitative estimate of drug-likeness (QED) is 0.577. The fraction of sp³-hybridized carbons (Fsp3) is 0.625. The van der Waals surface area contributed by atoms with Gasteiger partial charge in [0.25, 0.3) is 14.1 Å². The molecule has 0 fully saturated rings. The number of hydrogen-bond acceptors (Lipinski definition) is 1. The highest BCUT2D eigenvalue weighted by molar-refractivity contribution is 6.58. The topological polar surface area (TPSA) is 9.23 Å². The van der Waals surface area contributed by atoms with Gasteiger partial charge in [0.1, 0.15) is 5.75 Å². The van der Waals surface area contributed by atoms with E-state index in [4.69, 9.17) is 4.74 Å². The van der Waals surface area contributed by atoms with E-state index in [1.807, 2.05) is 0 Å². The predicted molar refractivity (Wildman–Crippen MR) is 81.9 cm³/mol. The fourth-order valence-corrected chi connectivity index (χ4v) is 6.14. The predicted octanol–water partition coefficient (Wildman–Crippen LogP) is 4.87. The molecule has 0 aliphatic carbocycles. The minimum absolute atomic E-state index is 0.618. The Labute approximate surface area is 117 Å². The lowest BCUT2D eigenvalue weighted by Crippen LogP contribution is -2.17. The highest BCUT2D eigenvalue weighted by Gasteiger charge is 2.18. The van der Waals surface area contributed by atoms with Crippen LogP contribution in [0.15, 0.2) is 24.3 Å². The summed E-state index contributed by atoms with van der Waals surface area (Å²) in [5.41, 5.74) is 1.43. The minimum atomic E-state index is -0.618. The zero-order valence-corrected chi connectivity index (χ0v) is 13.4. The van der Waals surface area contributed by atoms with Gasteiger partial charge >= 0.3 is 0 Å². The lowest BCUT2D eigenvalue weighted by atomic mass is 10.2. The van der Waals surface area contributed by atoms with E-state index in [1.54, 1.807) is 7.11 Å². The number of para-hydroxylation sites is 1. The molecule has 0 unspecified atom stereocenters. The van der Waals surface area contributed by atoms with Crippen LogP contribution in [0, 0.1) is 0 Å². The van der Waals surface area contributed by atoms with E-state index in [1.165, 1.54) is 47.1 Å². The number of rotatable bonds is 9. The normalized spacial score (nSPS) is 10.4. The van der Waals surface area contributed by atoms with Crippen molar-refractivity contribution in [2.45, 2.75) is 55.4 Å². The summed E-state index contributed by atoms with van der Waals surface area (Å²) in [6.45, 7) is 4.60. The molecule has 0 amide bonds. The average molecular weight is 262 g/mol. The molecule has 0 spiro atoms. The molecule has 0 heterocycles. The van der Waals surface area contributed by atoms with E-state index in [-0.39, 0.29) is 0 Å². The lowest BCUT2D eigenvalue weighted by Gasteiger charge is -2.13. The van der Waals surface area contributed by atoms with Gasteiger partial charge in [0.05, 0.1) is 7.11 Å². The summed E-state index contributed by atoms with van der Waals surface area (Å²) in [6, 6.07) is 8.55. The first kappa shape index (κ1) is 15.6. The highest BCUT2D eigenvalue weighted by Crippen LogP contribution is 2.22. The van der Waals surface area contributed by atoms with Gasteiger partial charge in [-0.05, 0) is 11.6 Å². The molecule has 2 heteroatoms. The molecule has 0 radical (unpaired) electrons. The summed E-state index contributed by atoms with van der Waals surface area (Å²) in [6.07, 6.45) is 5.49. The van der Waals surface area contributed by atoms with Crippen LogP contribution < -0.4 is 4.74 Å². The second-order valence-electron chi connectivity index (χ2n) is 5.17. The standard InChI is InChI=1S/C8H9O.2C4H9.Al/c1-7-5-3-4-6-8(7)9-2;2*1-3-4-2;/h3-6H,1H2,2H3;2*1,3-4H2,2H3;. The van der Waals surface area contributed by atoms with Crippen LogP contribution in [0.25, 0.3) is 0 Å². The Hall–Kier alpha value is -0.448. The van der Waals surface area contributed by atoms with Gasteiger partial charge in [0.2, 0.25) is 0 Å². The molecule has 0 saturated carbocycles. The highest BCUT2D eigenvalue weighted by atomic mass is 27.2. The molecule has 0 atom stereocenters. The van der Waals surface area contributed by atoms with E-state index in [2.05, 4.69) is 38.1 Å². The van der Waals surface area contributed by atoms with E-state index in [0.717, 1.165) is 5.75 Å². The number of methoxy groups -OCH3 is 1. The molecule has 18 heavy (non-hydrogen) atoms. The average Bonchev–Trinajstić information content (AvgIpc) is 2.42. The molecule has 100 valence electrons. The first-order valence-corrected chi connectivity index (χ1v) is 9.88. The van der Waals surface area contributed by atoms with Crippen molar-refractivity contribution in [3.63, 3.8) is 0 Å². The van der Waals surface area contributed by atoms with Crippen molar-refractivity contribution in [2.24, 2.45) is 0 Å². The van der Waals surface area contributed by atoms with E-state index in [0.29, 0.717) is 0 Å². The van der Waals surface area contributed by atoms with Gasteiger partial charge in [-0.3, -0.25) is 0 Å². The summed E-state index contributed by atoms with van der Waals surface area (Å²) in [5, 5.41) is 4.30. The monoisotopic (exact) mass is 262 g/mol. The third kappa shape index (κ3) is 5.46. The van der Waals surface area contributed by atoms with Gasteiger partial charge in [-0.15, -0.1) is 0 Å². The number of unbranched alkanes of at least 4 members (excludes halogenated alkanes) is 2. The molecular weight excluding hydrogens is 235 g/mol. The Kier molecular flexibility index (Phi) is 8.22. The maximum absolute atomic E-state index is 5.48. The van der Waals surface area contributed by atoms with Crippen molar-refractivity contribution in [1.82, 2.24) is 0 Å². The second-order valence-corrected chi connectivity index (χ2v) is 8.46. The summed E-state index contributed by atoms with van der Waals surface area (Å²) >= 11 is -0.618. The van der Waals surface area contributed by atoms with Crippen LogP contribution in [0.5, 0.6) is 5.75 Å². The van der Waals surface area contributed by atoms with Gasteiger partial charge < -0.3 is 4.74 Å². The Bertz CT molecular complexity index is 317. The Morgan fingerprint density at radius 2 is 1.61 bits per heavy atom. The number of hydrogen-bond donors (Lipinski definition) is 0. The molecule has 1 rings (SSSR count). The van der Waals surface area contributed by atoms with Gasteiger partial charge in [0.15, 0.2) is 0 Å². The first-order valence-electron chi connectivity index (χ1n) is 7.43. The van der Waals surface area contributed by atoms with Gasteiger partial charge in [-0.25, -0.2) is 0 Å². The van der Waals surface area contributed by atoms with E-state index in [9.17, 15) is 0 Å². The molecule has 0 aliphatic rings. The van der Waals surface area contributed by atoms with Crippen LogP contribution in [0.3, 0.4) is 0 Å². The molecule has 0 aliphatic heterocycles. The van der Waals surface area contributed by atoms with Crippen LogP contribution >= 0.6 is 0 Å². The van der Waals surface area contributed by atoms with Crippen LogP contribution in [-0.2, 0) is 5.28 Å². The number of ether oxygens (including phenoxy) is 1. The second kappa shape index (κ2) is 9.48. The number of benzene rings is 1. The Morgan fingerprint density at radius 3 is 2.17 bits per heavy atom. The summed E-state index contributed by atoms with van der Waals surface area (Å²) in [5.74, 6) is 1.09. The third-order valence-electron chi connectivity index (χ3n) is 3.63. The van der Waals surface area contributed by atoms with Crippen molar-refractivity contribution in [1.29, 1.82) is 0 Å². The molecule has 1 nitrogen and oxygen atoms in total. The van der Waals surface area contributed by atoms with Crippen LogP contribution in [0.4, 0.5) is 0 Å². The smallest absolute Gasteiger partial charge is 0.267 e. The summed E-state index contributed by atoms with van der Waals surface area (Å²) in [7, 11) is 1.79. The lowest BCUT2D eigenvalue weighted by molar-refractivity contribution is 0.411. The third-order valence-corrected chi connectivity index (χ3v) is 7.10. The fourth-order valence-electron chi connectivity index (χ4n) is 2.52. The summed E-state index contributed by atoms with van der Waals surface area (Å²) < 4.78 is 5.48. The Balaban J connectivity index is 2.62. The maximum atomic E-state index is 5.48. The molecule has 0 aromatic heterocycles. The molecule has 0 saturated heterocycles. The van der Waals surface area contributed by atoms with Crippen LogP contribution in [0.1, 0.15) is 45.1 Å².